The van der Waals surface area contributed by atoms with Crippen LogP contribution in [-0.2, 0) is 6.42 Å². The molecule has 1 atom stereocenters. The Morgan fingerprint density at radius 1 is 1.14 bits per heavy atom. The Balaban J connectivity index is 1.44. The number of benzene rings is 1. The van der Waals surface area contributed by atoms with E-state index in [2.05, 4.69) is 56.1 Å². The molecule has 0 saturated carbocycles. The van der Waals surface area contributed by atoms with Crippen molar-refractivity contribution in [3.63, 3.8) is 0 Å². The van der Waals surface area contributed by atoms with Crippen molar-refractivity contribution in [3.05, 3.63) is 82.5 Å². The molecule has 3 aromatic heterocycles. The molecule has 144 valence electrons. The third-order valence-corrected chi connectivity index (χ3v) is 5.87. The van der Waals surface area contributed by atoms with Crippen LogP contribution in [0.25, 0.3) is 16.8 Å². The summed E-state index contributed by atoms with van der Waals surface area (Å²) in [4.78, 5) is 23.5. The Hall–Kier alpha value is -3.06. The van der Waals surface area contributed by atoms with E-state index in [1.165, 1.54) is 16.7 Å². The maximum atomic E-state index is 13.2. The van der Waals surface area contributed by atoms with Gasteiger partial charge in [0.1, 0.15) is 0 Å². The van der Waals surface area contributed by atoms with Crippen LogP contribution in [0.15, 0.2) is 65.7 Å². The maximum absolute atomic E-state index is 13.2. The largest absolute Gasteiger partial charge is 0.330 e. The van der Waals surface area contributed by atoms with Crippen LogP contribution in [0.4, 0.5) is 0 Å². The molecule has 1 amide bonds. The summed E-state index contributed by atoms with van der Waals surface area (Å²) in [5, 5.41) is 4.42. The normalized spacial score (nSPS) is 16.1. The van der Waals surface area contributed by atoms with Crippen molar-refractivity contribution in [2.45, 2.75) is 19.4 Å². The molecular formula is C22H18BrN5O. The molecule has 6 nitrogen and oxygen atoms in total. The summed E-state index contributed by atoms with van der Waals surface area (Å²) in [6.45, 7) is 2.74. The maximum Gasteiger partial charge on any atom is 0.274 e. The van der Waals surface area contributed by atoms with E-state index in [9.17, 15) is 4.79 Å². The molecule has 0 saturated heterocycles. The molecule has 1 aliphatic rings. The first-order valence-electron chi connectivity index (χ1n) is 9.45. The first kappa shape index (κ1) is 18.0. The monoisotopic (exact) mass is 447 g/mol. The van der Waals surface area contributed by atoms with Gasteiger partial charge in [0.15, 0.2) is 11.3 Å². The van der Waals surface area contributed by atoms with E-state index >= 15 is 0 Å². The Kier molecular flexibility index (Phi) is 4.39. The molecule has 0 bridgehead atoms. The van der Waals surface area contributed by atoms with Crippen LogP contribution < -0.4 is 0 Å². The van der Waals surface area contributed by atoms with Gasteiger partial charge in [-0.15, -0.1) is 0 Å². The quantitative estimate of drug-likeness (QED) is 0.459. The fourth-order valence-electron chi connectivity index (χ4n) is 3.94. The third-order valence-electron chi connectivity index (χ3n) is 5.46. The molecule has 7 heteroatoms. The first-order chi connectivity index (χ1) is 14.1. The van der Waals surface area contributed by atoms with Crippen molar-refractivity contribution in [2.24, 2.45) is 0 Å². The van der Waals surface area contributed by atoms with E-state index < -0.39 is 0 Å². The Morgan fingerprint density at radius 3 is 2.79 bits per heavy atom. The second kappa shape index (κ2) is 7.08. The van der Waals surface area contributed by atoms with Gasteiger partial charge in [0, 0.05) is 37.4 Å². The SMILES string of the molecule is CC1c2ccc(-c3ccncc3)cc2CCN1C(=O)c1cc2ncc(Br)cn2n1. The number of pyridine rings is 1. The van der Waals surface area contributed by atoms with Crippen LogP contribution in [0.1, 0.15) is 34.6 Å². The van der Waals surface area contributed by atoms with Crippen LogP contribution in [0.2, 0.25) is 0 Å². The van der Waals surface area contributed by atoms with Gasteiger partial charge in [0.05, 0.1) is 10.5 Å². The molecular weight excluding hydrogens is 430 g/mol. The number of rotatable bonds is 2. The number of fused-ring (bicyclic) bond motifs is 2. The lowest BCUT2D eigenvalue weighted by molar-refractivity contribution is 0.0671. The molecule has 29 heavy (non-hydrogen) atoms. The minimum absolute atomic E-state index is 0.0118. The van der Waals surface area contributed by atoms with Gasteiger partial charge in [0.25, 0.3) is 5.91 Å². The topological polar surface area (TPSA) is 63.4 Å². The molecule has 0 fully saturated rings. The minimum atomic E-state index is -0.0667. The van der Waals surface area contributed by atoms with Crippen LogP contribution in [0.5, 0.6) is 0 Å². The zero-order chi connectivity index (χ0) is 20.0. The summed E-state index contributed by atoms with van der Waals surface area (Å²) in [6, 6.07) is 12.2. The molecule has 0 aliphatic carbocycles. The molecule has 1 aromatic carbocycles. The van der Waals surface area contributed by atoms with E-state index in [0.29, 0.717) is 17.9 Å². The number of hydrogen-bond acceptors (Lipinski definition) is 4. The molecule has 0 N–H and O–H groups in total. The van der Waals surface area contributed by atoms with Gasteiger partial charge >= 0.3 is 0 Å². The van der Waals surface area contributed by atoms with E-state index in [4.69, 9.17) is 0 Å². The number of nitrogens with zero attached hydrogens (tertiary/aromatic N) is 5. The molecule has 1 unspecified atom stereocenters. The van der Waals surface area contributed by atoms with Gasteiger partial charge in [-0.1, -0.05) is 18.2 Å². The highest BCUT2D eigenvalue weighted by atomic mass is 79.9. The van der Waals surface area contributed by atoms with Crippen molar-refractivity contribution >= 4 is 27.5 Å². The number of carbonyl (C=O) groups is 1. The molecule has 0 spiro atoms. The van der Waals surface area contributed by atoms with Crippen molar-refractivity contribution in [1.82, 2.24) is 24.5 Å². The minimum Gasteiger partial charge on any atom is -0.330 e. The zero-order valence-corrected chi connectivity index (χ0v) is 17.4. The van der Waals surface area contributed by atoms with E-state index in [1.807, 2.05) is 17.0 Å². The summed E-state index contributed by atoms with van der Waals surface area (Å²) in [5.74, 6) is -0.0667. The second-order valence-electron chi connectivity index (χ2n) is 7.18. The van der Waals surface area contributed by atoms with Gasteiger partial charge in [-0.25, -0.2) is 9.50 Å². The van der Waals surface area contributed by atoms with Gasteiger partial charge in [0.2, 0.25) is 0 Å². The van der Waals surface area contributed by atoms with Crippen LogP contribution in [-0.4, -0.2) is 36.9 Å². The number of hydrogen-bond donors (Lipinski definition) is 0. The summed E-state index contributed by atoms with van der Waals surface area (Å²) in [6.07, 6.45) is 7.93. The van der Waals surface area contributed by atoms with Crippen molar-refractivity contribution in [3.8, 4) is 11.1 Å². The molecule has 0 radical (unpaired) electrons. The second-order valence-corrected chi connectivity index (χ2v) is 8.09. The van der Waals surface area contributed by atoms with Crippen LogP contribution in [0.3, 0.4) is 0 Å². The highest BCUT2D eigenvalue weighted by molar-refractivity contribution is 9.10. The Bertz CT molecular complexity index is 1220. The van der Waals surface area contributed by atoms with Gasteiger partial charge in [-0.05, 0) is 63.7 Å². The average Bonchev–Trinajstić information content (AvgIpc) is 3.17. The first-order valence-corrected chi connectivity index (χ1v) is 10.2. The van der Waals surface area contributed by atoms with Gasteiger partial charge in [-0.2, -0.15) is 5.10 Å². The summed E-state index contributed by atoms with van der Waals surface area (Å²) in [7, 11) is 0. The van der Waals surface area contributed by atoms with Gasteiger partial charge in [-0.3, -0.25) is 9.78 Å². The highest BCUT2D eigenvalue weighted by Gasteiger charge is 2.30. The lowest BCUT2D eigenvalue weighted by atomic mass is 9.90. The van der Waals surface area contributed by atoms with Crippen molar-refractivity contribution < 1.29 is 4.79 Å². The number of halogens is 1. The van der Waals surface area contributed by atoms with E-state index in [0.717, 1.165) is 16.5 Å². The van der Waals surface area contributed by atoms with Gasteiger partial charge < -0.3 is 4.90 Å². The lowest BCUT2D eigenvalue weighted by Crippen LogP contribution is -2.39. The molecule has 4 heterocycles. The predicted octanol–water partition coefficient (Wildman–Crippen LogP) is 4.31. The fraction of sp³-hybridized carbons (Fsp3) is 0.182. The number of amides is 1. The number of aromatic nitrogens is 4. The molecule has 4 aromatic rings. The van der Waals surface area contributed by atoms with Crippen molar-refractivity contribution in [2.75, 3.05) is 6.54 Å². The summed E-state index contributed by atoms with van der Waals surface area (Å²) in [5.41, 5.74) is 5.87. The standard InChI is InChI=1S/C22H18BrN5O/c1-14-19-3-2-16(15-4-7-24-8-5-15)10-17(19)6-9-27(14)22(29)20-11-21-25-12-18(23)13-28(21)26-20/h2-5,7-8,10-14H,6,9H2,1H3. The third kappa shape index (κ3) is 3.21. The van der Waals surface area contributed by atoms with Crippen molar-refractivity contribution in [1.29, 1.82) is 0 Å². The van der Waals surface area contributed by atoms with E-state index in [1.54, 1.807) is 35.4 Å². The van der Waals surface area contributed by atoms with Crippen LogP contribution >= 0.6 is 15.9 Å². The smallest absolute Gasteiger partial charge is 0.274 e. The summed E-state index contributed by atoms with van der Waals surface area (Å²) >= 11 is 3.38. The number of carbonyl (C=O) groups excluding carboxylic acids is 1. The Labute approximate surface area is 176 Å². The summed E-state index contributed by atoms with van der Waals surface area (Å²) < 4.78 is 2.44. The highest BCUT2D eigenvalue weighted by Crippen LogP contribution is 2.33. The lowest BCUT2D eigenvalue weighted by Gasteiger charge is -2.35. The van der Waals surface area contributed by atoms with Crippen LogP contribution in [0, 0.1) is 0 Å². The predicted molar refractivity (Wildman–Crippen MR) is 114 cm³/mol. The van der Waals surface area contributed by atoms with E-state index in [-0.39, 0.29) is 11.9 Å². The Morgan fingerprint density at radius 2 is 1.97 bits per heavy atom. The fourth-order valence-corrected chi connectivity index (χ4v) is 4.24. The molecule has 5 rings (SSSR count). The average molecular weight is 448 g/mol. The molecule has 1 aliphatic heterocycles. The zero-order valence-electron chi connectivity index (χ0n) is 15.8.